The van der Waals surface area contributed by atoms with Crippen molar-refractivity contribution in [3.63, 3.8) is 0 Å². The number of hydrogen-bond donors (Lipinski definition) is 0. The first-order valence-electron chi connectivity index (χ1n) is 9.76. The summed E-state index contributed by atoms with van der Waals surface area (Å²) in [5.74, 6) is 0.984. The normalized spacial score (nSPS) is 21.7. The molecule has 0 bridgehead atoms. The van der Waals surface area contributed by atoms with E-state index in [0.717, 1.165) is 43.3 Å². The smallest absolute Gasteiger partial charge is 0.199 e. The zero-order valence-electron chi connectivity index (χ0n) is 15.5. The summed E-state index contributed by atoms with van der Waals surface area (Å²) in [7, 11) is 2.21. The zero-order valence-corrected chi connectivity index (χ0v) is 17.1. The maximum atomic E-state index is 5.86. The Labute approximate surface area is 164 Å². The lowest BCUT2D eigenvalue weighted by molar-refractivity contribution is 0.0964. The fourth-order valence-corrected chi connectivity index (χ4v) is 5.10. The van der Waals surface area contributed by atoms with Crippen LogP contribution in [0.15, 0.2) is 17.5 Å². The van der Waals surface area contributed by atoms with Crippen molar-refractivity contribution in [3.05, 3.63) is 22.3 Å². The van der Waals surface area contributed by atoms with Gasteiger partial charge in [-0.15, -0.1) is 16.4 Å². The van der Waals surface area contributed by atoms with E-state index in [9.17, 15) is 0 Å². The van der Waals surface area contributed by atoms with Gasteiger partial charge in [0.05, 0.1) is 24.2 Å². The monoisotopic (exact) mass is 392 g/mol. The molecule has 0 N–H and O–H groups in total. The summed E-state index contributed by atoms with van der Waals surface area (Å²) in [5.41, 5.74) is 0. The molecule has 0 amide bonds. The van der Waals surface area contributed by atoms with Crippen LogP contribution in [0.1, 0.15) is 44.9 Å². The molecule has 1 aliphatic heterocycles. The number of ether oxygens (including phenoxy) is 1. The second kappa shape index (κ2) is 8.33. The molecule has 1 atom stereocenters. The first-order valence-corrected chi connectivity index (χ1v) is 11.0. The van der Waals surface area contributed by atoms with Crippen molar-refractivity contribution in [2.24, 2.45) is 0 Å². The average Bonchev–Trinajstić information content (AvgIpc) is 3.41. The molecule has 1 saturated carbocycles. The maximum Gasteiger partial charge on any atom is 0.199 e. The molecule has 1 aliphatic carbocycles. The summed E-state index contributed by atoms with van der Waals surface area (Å²) in [6.07, 6.45) is 9.15. The summed E-state index contributed by atoms with van der Waals surface area (Å²) in [6.45, 7) is 2.44. The highest BCUT2D eigenvalue weighted by Gasteiger charge is 2.23. The van der Waals surface area contributed by atoms with Crippen LogP contribution in [-0.2, 0) is 18.0 Å². The molecule has 1 saturated heterocycles. The lowest BCUT2D eigenvalue weighted by Crippen LogP contribution is -2.35. The molecule has 2 fully saturated rings. The number of nitrogens with zero attached hydrogens (tertiary/aromatic N) is 4. The highest BCUT2D eigenvalue weighted by atomic mass is 32.1. The van der Waals surface area contributed by atoms with Gasteiger partial charge >= 0.3 is 0 Å². The Balaban J connectivity index is 1.59. The molecule has 0 aromatic carbocycles. The maximum absolute atomic E-state index is 5.86. The van der Waals surface area contributed by atoms with Gasteiger partial charge in [0.2, 0.25) is 0 Å². The third kappa shape index (κ3) is 3.96. The first-order chi connectivity index (χ1) is 12.7. The third-order valence-electron chi connectivity index (χ3n) is 5.63. The standard InChI is InChI=1S/C19H28N4OS2/c1-21(15-7-3-2-4-8-15)14-23-19(25)22(13-16-9-5-11-24-16)18(20-23)17-10-6-12-26-17/h6,10,12,15-16H,2-5,7-9,11,13-14H2,1H3/t16-/m0/s1. The molecular formula is C19H28N4OS2. The first kappa shape index (κ1) is 18.3. The molecule has 7 heteroatoms. The topological polar surface area (TPSA) is 35.2 Å². The Morgan fingerprint density at radius 2 is 2.12 bits per heavy atom. The van der Waals surface area contributed by atoms with E-state index in [1.807, 2.05) is 4.68 Å². The Hall–Kier alpha value is -1.02. The van der Waals surface area contributed by atoms with Gasteiger partial charge < -0.3 is 4.74 Å². The van der Waals surface area contributed by atoms with Crippen LogP contribution < -0.4 is 0 Å². The highest BCUT2D eigenvalue weighted by Crippen LogP contribution is 2.26. The van der Waals surface area contributed by atoms with E-state index in [0.29, 0.717) is 6.04 Å². The Morgan fingerprint density at radius 3 is 2.81 bits per heavy atom. The minimum atomic E-state index is 0.258. The Morgan fingerprint density at radius 1 is 1.27 bits per heavy atom. The summed E-state index contributed by atoms with van der Waals surface area (Å²) in [6, 6.07) is 4.86. The molecule has 0 radical (unpaired) electrons. The van der Waals surface area contributed by atoms with E-state index < -0.39 is 0 Å². The van der Waals surface area contributed by atoms with Crippen LogP contribution in [0.5, 0.6) is 0 Å². The van der Waals surface area contributed by atoms with Gasteiger partial charge in [-0.25, -0.2) is 4.68 Å². The van der Waals surface area contributed by atoms with E-state index in [4.69, 9.17) is 22.1 Å². The van der Waals surface area contributed by atoms with Crippen LogP contribution in [0.25, 0.3) is 10.7 Å². The van der Waals surface area contributed by atoms with Crippen LogP contribution in [-0.4, -0.2) is 45.0 Å². The summed E-state index contributed by atoms with van der Waals surface area (Å²) in [4.78, 5) is 3.60. The van der Waals surface area contributed by atoms with Gasteiger partial charge in [-0.1, -0.05) is 25.3 Å². The van der Waals surface area contributed by atoms with Gasteiger partial charge in [-0.05, 0) is 56.4 Å². The van der Waals surface area contributed by atoms with Crippen LogP contribution in [0.2, 0.25) is 0 Å². The van der Waals surface area contributed by atoms with Gasteiger partial charge in [0.1, 0.15) is 0 Å². The predicted molar refractivity (Wildman–Crippen MR) is 108 cm³/mol. The largest absolute Gasteiger partial charge is 0.376 e. The summed E-state index contributed by atoms with van der Waals surface area (Å²) >= 11 is 7.55. The van der Waals surface area contributed by atoms with E-state index in [1.54, 1.807) is 11.3 Å². The molecule has 142 valence electrons. The quantitative estimate of drug-likeness (QED) is 0.676. The van der Waals surface area contributed by atoms with E-state index >= 15 is 0 Å². The van der Waals surface area contributed by atoms with Gasteiger partial charge in [0.25, 0.3) is 0 Å². The predicted octanol–water partition coefficient (Wildman–Crippen LogP) is 4.54. The molecular weight excluding hydrogens is 364 g/mol. The number of thiophene rings is 1. The summed E-state index contributed by atoms with van der Waals surface area (Å²) in [5, 5.41) is 7.02. The van der Waals surface area contributed by atoms with Gasteiger partial charge in [0, 0.05) is 12.6 Å². The number of rotatable bonds is 6. The number of aromatic nitrogens is 3. The SMILES string of the molecule is CN(Cn1nc(-c2cccs2)n(C[C@@H]2CCCO2)c1=S)C1CCCCC1. The molecule has 5 nitrogen and oxygen atoms in total. The second-order valence-corrected chi connectivity index (χ2v) is 8.83. The van der Waals surface area contributed by atoms with Crippen molar-refractivity contribution >= 4 is 23.6 Å². The number of hydrogen-bond acceptors (Lipinski definition) is 5. The van der Waals surface area contributed by atoms with Crippen molar-refractivity contribution in [2.75, 3.05) is 13.7 Å². The fourth-order valence-electron chi connectivity index (χ4n) is 4.13. The Bertz CT molecular complexity index is 755. The molecule has 2 aliphatic rings. The molecule has 2 aromatic rings. The Kier molecular flexibility index (Phi) is 5.88. The highest BCUT2D eigenvalue weighted by molar-refractivity contribution is 7.71. The van der Waals surface area contributed by atoms with Crippen LogP contribution in [0.3, 0.4) is 0 Å². The van der Waals surface area contributed by atoms with Crippen LogP contribution in [0, 0.1) is 4.77 Å². The van der Waals surface area contributed by atoms with E-state index in [2.05, 4.69) is 34.0 Å². The van der Waals surface area contributed by atoms with E-state index in [1.165, 1.54) is 37.0 Å². The van der Waals surface area contributed by atoms with Gasteiger partial charge in [-0.3, -0.25) is 9.47 Å². The third-order valence-corrected chi connectivity index (χ3v) is 6.93. The lowest BCUT2D eigenvalue weighted by atomic mass is 9.95. The van der Waals surface area contributed by atoms with E-state index in [-0.39, 0.29) is 6.10 Å². The van der Waals surface area contributed by atoms with Crippen molar-refractivity contribution < 1.29 is 4.74 Å². The molecule has 3 heterocycles. The van der Waals surface area contributed by atoms with Crippen molar-refractivity contribution in [2.45, 2.75) is 70.3 Å². The second-order valence-electron chi connectivity index (χ2n) is 7.52. The minimum absolute atomic E-state index is 0.258. The molecule has 4 rings (SSSR count). The van der Waals surface area contributed by atoms with Gasteiger partial charge in [-0.2, -0.15) is 0 Å². The van der Waals surface area contributed by atoms with Crippen LogP contribution in [0.4, 0.5) is 0 Å². The minimum Gasteiger partial charge on any atom is -0.376 e. The summed E-state index contributed by atoms with van der Waals surface area (Å²) < 4.78 is 10.9. The molecule has 26 heavy (non-hydrogen) atoms. The fraction of sp³-hybridized carbons (Fsp3) is 0.684. The van der Waals surface area contributed by atoms with Gasteiger partial charge in [0.15, 0.2) is 10.6 Å². The van der Waals surface area contributed by atoms with Crippen molar-refractivity contribution in [1.29, 1.82) is 0 Å². The van der Waals surface area contributed by atoms with Crippen molar-refractivity contribution in [3.8, 4) is 10.7 Å². The molecule has 2 aromatic heterocycles. The molecule has 0 spiro atoms. The van der Waals surface area contributed by atoms with Crippen molar-refractivity contribution in [1.82, 2.24) is 19.2 Å². The van der Waals surface area contributed by atoms with Crippen LogP contribution >= 0.6 is 23.6 Å². The molecule has 0 unspecified atom stereocenters. The average molecular weight is 393 g/mol. The lowest BCUT2D eigenvalue weighted by Gasteiger charge is -2.30. The zero-order chi connectivity index (χ0) is 17.9.